The third-order valence-electron chi connectivity index (χ3n) is 2.72. The van der Waals surface area contributed by atoms with Gasteiger partial charge in [-0.25, -0.2) is 0 Å². The van der Waals surface area contributed by atoms with Gasteiger partial charge in [0.1, 0.15) is 0 Å². The van der Waals surface area contributed by atoms with E-state index in [0.29, 0.717) is 6.42 Å². The first kappa shape index (κ1) is 13.5. The van der Waals surface area contributed by atoms with Crippen molar-refractivity contribution in [3.63, 3.8) is 0 Å². The van der Waals surface area contributed by atoms with E-state index >= 15 is 0 Å². The molecular weight excluding hydrogens is 244 g/mol. The van der Waals surface area contributed by atoms with E-state index in [1.165, 1.54) is 0 Å². The Hall–Kier alpha value is -0.580. The highest BCUT2D eigenvalue weighted by Crippen LogP contribution is 2.13. The SMILES string of the molecule is Cl.NC1CCCN(C(=O)Cc2cccs2)C1. The molecule has 1 fully saturated rings. The molecule has 1 amide bonds. The fourth-order valence-electron chi connectivity index (χ4n) is 1.91. The predicted molar refractivity (Wildman–Crippen MR) is 69.1 cm³/mol. The number of nitrogens with zero attached hydrogens (tertiary/aromatic N) is 1. The van der Waals surface area contributed by atoms with Crippen LogP contribution in [0.2, 0.25) is 0 Å². The van der Waals surface area contributed by atoms with Crippen LogP contribution in [0.15, 0.2) is 17.5 Å². The van der Waals surface area contributed by atoms with Crippen molar-refractivity contribution < 1.29 is 4.79 Å². The number of rotatable bonds is 2. The number of halogens is 1. The Morgan fingerprint density at radius 3 is 3.06 bits per heavy atom. The highest BCUT2D eigenvalue weighted by atomic mass is 35.5. The number of hydrogen-bond donors (Lipinski definition) is 1. The Bertz CT molecular complexity index is 329. The molecule has 0 bridgehead atoms. The van der Waals surface area contributed by atoms with Crippen molar-refractivity contribution in [3.8, 4) is 0 Å². The van der Waals surface area contributed by atoms with E-state index in [9.17, 15) is 4.79 Å². The topological polar surface area (TPSA) is 46.3 Å². The van der Waals surface area contributed by atoms with Crippen LogP contribution in [0.4, 0.5) is 0 Å². The Kier molecular flexibility index (Phi) is 5.25. The highest BCUT2D eigenvalue weighted by molar-refractivity contribution is 7.10. The van der Waals surface area contributed by atoms with E-state index in [1.807, 2.05) is 22.4 Å². The van der Waals surface area contributed by atoms with Crippen LogP contribution in [-0.4, -0.2) is 29.9 Å². The van der Waals surface area contributed by atoms with Gasteiger partial charge in [-0.05, 0) is 24.3 Å². The zero-order valence-electron chi connectivity index (χ0n) is 9.09. The van der Waals surface area contributed by atoms with Gasteiger partial charge in [0.25, 0.3) is 0 Å². The zero-order chi connectivity index (χ0) is 10.7. The molecule has 0 radical (unpaired) electrons. The maximum atomic E-state index is 11.9. The first-order chi connectivity index (χ1) is 7.25. The number of hydrogen-bond acceptors (Lipinski definition) is 3. The van der Waals surface area contributed by atoms with Gasteiger partial charge in [0.05, 0.1) is 6.42 Å². The van der Waals surface area contributed by atoms with Gasteiger partial charge in [-0.3, -0.25) is 4.79 Å². The van der Waals surface area contributed by atoms with Gasteiger partial charge >= 0.3 is 0 Å². The number of carbonyl (C=O) groups excluding carboxylic acids is 1. The van der Waals surface area contributed by atoms with Crippen LogP contribution in [0.1, 0.15) is 17.7 Å². The second-order valence-corrected chi connectivity index (χ2v) is 5.03. The van der Waals surface area contributed by atoms with Crippen molar-refractivity contribution >= 4 is 29.7 Å². The first-order valence-electron chi connectivity index (χ1n) is 5.31. The lowest BCUT2D eigenvalue weighted by atomic mass is 10.1. The summed E-state index contributed by atoms with van der Waals surface area (Å²) in [5.74, 6) is 0.215. The molecule has 16 heavy (non-hydrogen) atoms. The standard InChI is InChI=1S/C11H16N2OS.ClH/c12-9-3-1-5-13(8-9)11(14)7-10-4-2-6-15-10;/h2,4,6,9H,1,3,5,7-8,12H2;1H. The third-order valence-corrected chi connectivity index (χ3v) is 3.59. The van der Waals surface area contributed by atoms with Gasteiger partial charge in [-0.2, -0.15) is 0 Å². The fraction of sp³-hybridized carbons (Fsp3) is 0.545. The van der Waals surface area contributed by atoms with Crippen LogP contribution in [-0.2, 0) is 11.2 Å². The summed E-state index contributed by atoms with van der Waals surface area (Å²) in [6, 6.07) is 4.16. The van der Waals surface area contributed by atoms with E-state index in [4.69, 9.17) is 5.73 Å². The van der Waals surface area contributed by atoms with Crippen molar-refractivity contribution in [1.82, 2.24) is 4.90 Å². The first-order valence-corrected chi connectivity index (χ1v) is 6.19. The van der Waals surface area contributed by atoms with Crippen molar-refractivity contribution in [1.29, 1.82) is 0 Å². The highest BCUT2D eigenvalue weighted by Gasteiger charge is 2.21. The van der Waals surface area contributed by atoms with Crippen LogP contribution < -0.4 is 5.73 Å². The molecule has 90 valence electrons. The number of nitrogens with two attached hydrogens (primary N) is 1. The van der Waals surface area contributed by atoms with Gasteiger partial charge in [-0.15, -0.1) is 23.7 Å². The molecule has 0 spiro atoms. The van der Waals surface area contributed by atoms with E-state index in [2.05, 4.69) is 0 Å². The second-order valence-electron chi connectivity index (χ2n) is 4.00. The number of thiophene rings is 1. The molecule has 0 aliphatic carbocycles. The minimum Gasteiger partial charge on any atom is -0.341 e. The quantitative estimate of drug-likeness (QED) is 0.879. The van der Waals surface area contributed by atoms with Crippen LogP contribution in [0.3, 0.4) is 0 Å². The van der Waals surface area contributed by atoms with Gasteiger partial charge in [0.15, 0.2) is 0 Å². The van der Waals surface area contributed by atoms with Crippen LogP contribution in [0.5, 0.6) is 0 Å². The molecule has 1 atom stereocenters. The van der Waals surface area contributed by atoms with Crippen molar-refractivity contribution in [2.24, 2.45) is 5.73 Å². The molecule has 1 saturated heterocycles. The second kappa shape index (κ2) is 6.23. The zero-order valence-corrected chi connectivity index (χ0v) is 10.7. The van der Waals surface area contributed by atoms with Crippen molar-refractivity contribution in [2.45, 2.75) is 25.3 Å². The van der Waals surface area contributed by atoms with Crippen molar-refractivity contribution in [2.75, 3.05) is 13.1 Å². The van der Waals surface area contributed by atoms with Gasteiger partial charge in [0.2, 0.25) is 5.91 Å². The lowest BCUT2D eigenvalue weighted by Gasteiger charge is -2.30. The number of carbonyl (C=O) groups is 1. The molecule has 1 aliphatic rings. The molecule has 1 aromatic heterocycles. The Balaban J connectivity index is 0.00000128. The normalized spacial score (nSPS) is 20.3. The Morgan fingerprint density at radius 2 is 2.44 bits per heavy atom. The van der Waals surface area contributed by atoms with Gasteiger partial charge < -0.3 is 10.6 Å². The summed E-state index contributed by atoms with van der Waals surface area (Å²) in [5, 5.41) is 2.00. The lowest BCUT2D eigenvalue weighted by Crippen LogP contribution is -2.46. The predicted octanol–water partition coefficient (Wildman–Crippen LogP) is 1.66. The van der Waals surface area contributed by atoms with Crippen LogP contribution >= 0.6 is 23.7 Å². The van der Waals surface area contributed by atoms with E-state index < -0.39 is 0 Å². The molecule has 1 aliphatic heterocycles. The summed E-state index contributed by atoms with van der Waals surface area (Å²) in [4.78, 5) is 14.9. The van der Waals surface area contributed by atoms with E-state index in [-0.39, 0.29) is 24.4 Å². The average molecular weight is 261 g/mol. The minimum absolute atomic E-state index is 0. The Labute approximate surface area is 106 Å². The summed E-state index contributed by atoms with van der Waals surface area (Å²) in [7, 11) is 0. The number of likely N-dealkylation sites (tertiary alicyclic amines) is 1. The largest absolute Gasteiger partial charge is 0.341 e. The summed E-state index contributed by atoms with van der Waals surface area (Å²) in [6.45, 7) is 1.60. The summed E-state index contributed by atoms with van der Waals surface area (Å²) in [6.07, 6.45) is 2.62. The molecule has 2 heterocycles. The summed E-state index contributed by atoms with van der Waals surface area (Å²) < 4.78 is 0. The lowest BCUT2D eigenvalue weighted by molar-refractivity contribution is -0.131. The monoisotopic (exact) mass is 260 g/mol. The number of piperidine rings is 1. The molecule has 0 aromatic carbocycles. The molecule has 2 rings (SSSR count). The third kappa shape index (κ3) is 3.47. The molecule has 0 saturated carbocycles. The number of amides is 1. The molecular formula is C11H17ClN2OS. The maximum absolute atomic E-state index is 11.9. The molecule has 1 unspecified atom stereocenters. The molecule has 1 aromatic rings. The van der Waals surface area contributed by atoms with E-state index in [0.717, 1.165) is 30.8 Å². The van der Waals surface area contributed by atoms with Gasteiger partial charge in [-0.1, -0.05) is 6.07 Å². The molecule has 3 nitrogen and oxygen atoms in total. The Morgan fingerprint density at radius 1 is 1.62 bits per heavy atom. The van der Waals surface area contributed by atoms with Crippen LogP contribution in [0.25, 0.3) is 0 Å². The summed E-state index contributed by atoms with van der Waals surface area (Å²) >= 11 is 1.64. The fourth-order valence-corrected chi connectivity index (χ4v) is 2.61. The van der Waals surface area contributed by atoms with Crippen LogP contribution in [0, 0.1) is 0 Å². The van der Waals surface area contributed by atoms with Gasteiger partial charge in [0, 0.05) is 24.0 Å². The molecule has 5 heteroatoms. The van der Waals surface area contributed by atoms with E-state index in [1.54, 1.807) is 11.3 Å². The molecule has 2 N–H and O–H groups in total. The smallest absolute Gasteiger partial charge is 0.227 e. The average Bonchev–Trinajstić information content (AvgIpc) is 2.70. The summed E-state index contributed by atoms with van der Waals surface area (Å²) in [5.41, 5.74) is 5.85. The minimum atomic E-state index is 0. The maximum Gasteiger partial charge on any atom is 0.227 e. The van der Waals surface area contributed by atoms with Crippen molar-refractivity contribution in [3.05, 3.63) is 22.4 Å².